The van der Waals surface area contributed by atoms with Crippen molar-refractivity contribution in [1.82, 2.24) is 9.80 Å². The number of nitrogens with one attached hydrogen (secondary N) is 1. The van der Waals surface area contributed by atoms with E-state index >= 15 is 0 Å². The van der Waals surface area contributed by atoms with Crippen molar-refractivity contribution >= 4 is 41.0 Å². The maximum Gasteiger partial charge on any atom is 0.339 e. The summed E-state index contributed by atoms with van der Waals surface area (Å²) in [4.78, 5) is 39.9. The van der Waals surface area contributed by atoms with E-state index in [-0.39, 0.29) is 13.2 Å². The lowest BCUT2D eigenvalue weighted by Gasteiger charge is -2.20. The third kappa shape index (κ3) is 4.30. The molecule has 2 aromatic rings. The van der Waals surface area contributed by atoms with E-state index in [0.29, 0.717) is 16.6 Å². The molecule has 1 N–H and O–H groups in total. The van der Waals surface area contributed by atoms with Crippen LogP contribution in [-0.2, 0) is 22.7 Å². The Bertz CT molecular complexity index is 889. The first-order valence-electron chi connectivity index (χ1n) is 8.33. The number of benzene rings is 2. The van der Waals surface area contributed by atoms with E-state index in [0.717, 1.165) is 25.8 Å². The van der Waals surface area contributed by atoms with E-state index in [2.05, 4.69) is 0 Å². The van der Waals surface area contributed by atoms with Gasteiger partial charge in [0.05, 0.1) is 23.6 Å². The van der Waals surface area contributed by atoms with Crippen LogP contribution in [0.5, 0.6) is 0 Å². The van der Waals surface area contributed by atoms with Gasteiger partial charge in [0.25, 0.3) is 0 Å². The Morgan fingerprint density at radius 2 is 1.52 bits per heavy atom. The molecule has 8 heteroatoms. The summed E-state index contributed by atoms with van der Waals surface area (Å²) < 4.78 is 0. The van der Waals surface area contributed by atoms with Crippen molar-refractivity contribution in [2.45, 2.75) is 13.1 Å². The van der Waals surface area contributed by atoms with Gasteiger partial charge in [0.2, 0.25) is 0 Å². The molecule has 140 valence electrons. The lowest BCUT2D eigenvalue weighted by molar-refractivity contribution is -0.901. The average Bonchev–Trinajstić information content (AvgIpc) is 2.84. The predicted molar refractivity (Wildman–Crippen MR) is 101 cm³/mol. The molecule has 1 aliphatic heterocycles. The van der Waals surface area contributed by atoms with Gasteiger partial charge in [-0.25, -0.2) is 9.69 Å². The number of quaternary nitrogens is 1. The van der Waals surface area contributed by atoms with Crippen LogP contribution in [0.1, 0.15) is 11.1 Å². The first kappa shape index (κ1) is 19.4. The van der Waals surface area contributed by atoms with Crippen LogP contribution >= 0.6 is 23.2 Å². The minimum absolute atomic E-state index is 0.0760. The monoisotopic (exact) mass is 406 g/mol. The second-order valence-electron chi connectivity index (χ2n) is 6.43. The normalized spacial score (nSPS) is 15.6. The molecule has 6 nitrogen and oxygen atoms in total. The first-order valence-corrected chi connectivity index (χ1v) is 9.09. The molecule has 0 spiro atoms. The topological polar surface area (TPSA) is 62.1 Å². The number of hydrogen-bond acceptors (Lipinski definition) is 3. The second-order valence-corrected chi connectivity index (χ2v) is 7.25. The molecule has 0 saturated carbocycles. The number of nitrogens with zero attached hydrogens (tertiary/aromatic N) is 2. The zero-order valence-electron chi connectivity index (χ0n) is 14.6. The van der Waals surface area contributed by atoms with Gasteiger partial charge in [-0.2, -0.15) is 0 Å². The maximum atomic E-state index is 12.6. The lowest BCUT2D eigenvalue weighted by atomic mass is 10.2. The molecule has 4 amide bonds. The largest absolute Gasteiger partial charge is 0.339 e. The third-order valence-corrected chi connectivity index (χ3v) is 4.98. The standard InChI is InChI=1S/C19H17Cl2N3O3/c1-22(10-14-7-8-15(20)16(21)9-14)12-24-18(26)17(25)23(19(24)27)11-13-5-3-2-4-6-13/h2-9H,10-12H2,1H3/p+1. The molecule has 1 heterocycles. The number of carbonyl (C=O) groups is 3. The second kappa shape index (κ2) is 8.08. The van der Waals surface area contributed by atoms with Gasteiger partial charge in [-0.15, -0.1) is 0 Å². The number of imide groups is 2. The zero-order valence-corrected chi connectivity index (χ0v) is 16.1. The van der Waals surface area contributed by atoms with Gasteiger partial charge < -0.3 is 4.90 Å². The molecule has 0 aliphatic carbocycles. The third-order valence-electron chi connectivity index (χ3n) is 4.24. The molecule has 1 unspecified atom stereocenters. The van der Waals surface area contributed by atoms with Crippen molar-refractivity contribution in [1.29, 1.82) is 0 Å². The smallest absolute Gasteiger partial charge is 0.316 e. The number of carbonyl (C=O) groups excluding carboxylic acids is 3. The Labute approximate surface area is 166 Å². The molecule has 1 fully saturated rings. The molecule has 1 saturated heterocycles. The summed E-state index contributed by atoms with van der Waals surface area (Å²) in [6.07, 6.45) is 0. The number of rotatable bonds is 6. The van der Waals surface area contributed by atoms with E-state index in [4.69, 9.17) is 23.2 Å². The maximum absolute atomic E-state index is 12.6. The van der Waals surface area contributed by atoms with Gasteiger partial charge in [0.15, 0.2) is 6.67 Å². The number of urea groups is 1. The zero-order chi connectivity index (χ0) is 19.6. The highest BCUT2D eigenvalue weighted by Gasteiger charge is 2.45. The summed E-state index contributed by atoms with van der Waals surface area (Å²) in [5, 5.41) is 0.907. The molecule has 2 aromatic carbocycles. The summed E-state index contributed by atoms with van der Waals surface area (Å²) in [6.45, 7) is 0.669. The molecular weight excluding hydrogens is 389 g/mol. The van der Waals surface area contributed by atoms with E-state index in [1.165, 1.54) is 0 Å². The Balaban J connectivity index is 1.67. The molecule has 0 bridgehead atoms. The van der Waals surface area contributed by atoms with Crippen LogP contribution in [0.25, 0.3) is 0 Å². The SMILES string of the molecule is C[NH+](Cc1ccc(Cl)c(Cl)c1)CN1C(=O)C(=O)N(Cc2ccccc2)C1=O. The van der Waals surface area contributed by atoms with Crippen LogP contribution < -0.4 is 4.90 Å². The summed E-state index contributed by atoms with van der Waals surface area (Å²) in [5.74, 6) is -1.60. The van der Waals surface area contributed by atoms with Crippen LogP contribution in [0.3, 0.4) is 0 Å². The van der Waals surface area contributed by atoms with E-state index in [9.17, 15) is 14.4 Å². The first-order chi connectivity index (χ1) is 12.9. The van der Waals surface area contributed by atoms with Crippen LogP contribution in [0.2, 0.25) is 10.0 Å². The van der Waals surface area contributed by atoms with E-state index in [1.807, 2.05) is 31.3 Å². The van der Waals surface area contributed by atoms with Gasteiger partial charge in [-0.3, -0.25) is 14.5 Å². The highest BCUT2D eigenvalue weighted by Crippen LogP contribution is 2.22. The van der Waals surface area contributed by atoms with E-state index in [1.54, 1.807) is 24.3 Å². The summed E-state index contributed by atoms with van der Waals surface area (Å²) in [5.41, 5.74) is 1.69. The summed E-state index contributed by atoms with van der Waals surface area (Å²) in [6, 6.07) is 13.8. The minimum Gasteiger partial charge on any atom is -0.316 e. The Kier molecular flexibility index (Phi) is 5.79. The van der Waals surface area contributed by atoms with Crippen molar-refractivity contribution in [2.75, 3.05) is 13.7 Å². The quantitative estimate of drug-likeness (QED) is 0.588. The van der Waals surface area contributed by atoms with Gasteiger partial charge in [0, 0.05) is 5.56 Å². The van der Waals surface area contributed by atoms with Crippen molar-refractivity contribution in [3.63, 3.8) is 0 Å². The fourth-order valence-electron chi connectivity index (χ4n) is 2.92. The number of amides is 4. The van der Waals surface area contributed by atoms with Crippen LogP contribution in [-0.4, -0.2) is 41.4 Å². The van der Waals surface area contributed by atoms with Crippen molar-refractivity contribution < 1.29 is 19.3 Å². The van der Waals surface area contributed by atoms with Crippen molar-refractivity contribution in [2.24, 2.45) is 0 Å². The molecule has 0 radical (unpaired) electrons. The van der Waals surface area contributed by atoms with Gasteiger partial charge >= 0.3 is 17.8 Å². The van der Waals surface area contributed by atoms with Crippen LogP contribution in [0.15, 0.2) is 48.5 Å². The average molecular weight is 407 g/mol. The van der Waals surface area contributed by atoms with Crippen LogP contribution in [0, 0.1) is 0 Å². The molecular formula is C19H18Cl2N3O3+. The summed E-state index contributed by atoms with van der Waals surface area (Å²) >= 11 is 11.9. The lowest BCUT2D eigenvalue weighted by Crippen LogP contribution is -3.09. The molecule has 0 aromatic heterocycles. The van der Waals surface area contributed by atoms with Gasteiger partial charge in [-0.05, 0) is 17.7 Å². The fourth-order valence-corrected chi connectivity index (χ4v) is 3.24. The van der Waals surface area contributed by atoms with E-state index < -0.39 is 17.8 Å². The number of hydrogen-bond donors (Lipinski definition) is 1. The highest BCUT2D eigenvalue weighted by molar-refractivity contribution is 6.44. The Hall–Kier alpha value is -2.41. The van der Waals surface area contributed by atoms with Crippen LogP contribution in [0.4, 0.5) is 4.79 Å². The summed E-state index contributed by atoms with van der Waals surface area (Å²) in [7, 11) is 1.83. The molecule has 27 heavy (non-hydrogen) atoms. The fraction of sp³-hybridized carbons (Fsp3) is 0.211. The number of halogens is 2. The van der Waals surface area contributed by atoms with Crippen molar-refractivity contribution in [3.8, 4) is 0 Å². The Morgan fingerprint density at radius 3 is 2.19 bits per heavy atom. The molecule has 1 atom stereocenters. The molecule has 3 rings (SSSR count). The predicted octanol–water partition coefficient (Wildman–Crippen LogP) is 1.96. The van der Waals surface area contributed by atoms with Gasteiger partial charge in [-0.1, -0.05) is 59.6 Å². The highest BCUT2D eigenvalue weighted by atomic mass is 35.5. The van der Waals surface area contributed by atoms with Gasteiger partial charge in [0.1, 0.15) is 6.54 Å². The Morgan fingerprint density at radius 1 is 0.852 bits per heavy atom. The minimum atomic E-state index is -0.801. The van der Waals surface area contributed by atoms with Crippen molar-refractivity contribution in [3.05, 3.63) is 69.7 Å². The molecule has 1 aliphatic rings.